The van der Waals surface area contributed by atoms with Crippen molar-refractivity contribution < 1.29 is 14.3 Å². The number of carbonyl (C=O) groups excluding carboxylic acids is 2. The molecule has 0 aliphatic carbocycles. The fourth-order valence-electron chi connectivity index (χ4n) is 3.95. The van der Waals surface area contributed by atoms with Crippen LogP contribution in [0.5, 0.6) is 0 Å². The van der Waals surface area contributed by atoms with Gasteiger partial charge in [0.05, 0.1) is 13.1 Å². The Bertz CT molecular complexity index is 633. The topological polar surface area (TPSA) is 65.5 Å². The van der Waals surface area contributed by atoms with Crippen LogP contribution in [0.25, 0.3) is 0 Å². The van der Waals surface area contributed by atoms with E-state index >= 15 is 0 Å². The number of amides is 1. The summed E-state index contributed by atoms with van der Waals surface area (Å²) in [4.78, 5) is 36.8. The monoisotopic (exact) mass is 420 g/mol. The van der Waals surface area contributed by atoms with Crippen LogP contribution in [0, 0.1) is 5.92 Å². The average Bonchev–Trinajstić information content (AvgIpc) is 2.65. The van der Waals surface area contributed by atoms with Gasteiger partial charge in [0.15, 0.2) is 5.78 Å². The molecule has 0 spiro atoms. The van der Waals surface area contributed by atoms with Crippen molar-refractivity contribution in [2.75, 3.05) is 39.3 Å². The summed E-state index contributed by atoms with van der Waals surface area (Å²) >= 11 is 0. The van der Waals surface area contributed by atoms with Crippen molar-refractivity contribution in [3.63, 3.8) is 0 Å². The molecule has 0 radical (unpaired) electrons. The van der Waals surface area contributed by atoms with E-state index < -0.39 is 17.7 Å². The Morgan fingerprint density at radius 2 is 1.90 bits per heavy atom. The van der Waals surface area contributed by atoms with Gasteiger partial charge in [0.25, 0.3) is 0 Å². The zero-order chi connectivity index (χ0) is 22.3. The highest BCUT2D eigenvalue weighted by atomic mass is 16.6. The van der Waals surface area contributed by atoms with Gasteiger partial charge >= 0.3 is 6.09 Å². The summed E-state index contributed by atoms with van der Waals surface area (Å²) in [5.41, 5.74) is -0.651. The molecule has 2 aliphatic rings. The van der Waals surface area contributed by atoms with E-state index in [1.165, 1.54) is 24.2 Å². The van der Waals surface area contributed by atoms with E-state index in [9.17, 15) is 9.59 Å². The minimum Gasteiger partial charge on any atom is -0.443 e. The molecular formula is C23H40N4O3. The van der Waals surface area contributed by atoms with Crippen LogP contribution in [0.4, 0.5) is 4.79 Å². The van der Waals surface area contributed by atoms with Gasteiger partial charge in [-0.3, -0.25) is 4.79 Å². The Hall–Kier alpha value is -1.89. The molecule has 0 aromatic rings. The van der Waals surface area contributed by atoms with Gasteiger partial charge in [0.1, 0.15) is 11.6 Å². The van der Waals surface area contributed by atoms with E-state index in [2.05, 4.69) is 30.3 Å². The van der Waals surface area contributed by atoms with Crippen LogP contribution in [-0.2, 0) is 9.53 Å². The smallest absolute Gasteiger partial charge is 0.417 e. The van der Waals surface area contributed by atoms with Gasteiger partial charge < -0.3 is 14.5 Å². The average molecular weight is 421 g/mol. The van der Waals surface area contributed by atoms with Crippen molar-refractivity contribution in [3.8, 4) is 0 Å². The van der Waals surface area contributed by atoms with Crippen LogP contribution >= 0.6 is 0 Å². The molecule has 1 amide bonds. The molecular weight excluding hydrogens is 380 g/mol. The maximum atomic E-state index is 13.2. The maximum Gasteiger partial charge on any atom is 0.417 e. The maximum absolute atomic E-state index is 13.2. The minimum absolute atomic E-state index is 0.0470. The van der Waals surface area contributed by atoms with Crippen molar-refractivity contribution in [1.29, 1.82) is 0 Å². The highest BCUT2D eigenvalue weighted by molar-refractivity contribution is 6.05. The molecule has 170 valence electrons. The number of carbonyl (C=O) groups is 2. The van der Waals surface area contributed by atoms with Gasteiger partial charge in [-0.25, -0.2) is 14.7 Å². The quantitative estimate of drug-likeness (QED) is 0.589. The molecule has 0 aromatic carbocycles. The second-order valence-corrected chi connectivity index (χ2v) is 9.72. The summed E-state index contributed by atoms with van der Waals surface area (Å²) in [5.74, 6) is 0.849. The van der Waals surface area contributed by atoms with Crippen molar-refractivity contribution in [2.24, 2.45) is 10.9 Å². The van der Waals surface area contributed by atoms with Crippen molar-refractivity contribution in [1.82, 2.24) is 14.7 Å². The van der Waals surface area contributed by atoms with Gasteiger partial charge in [-0.2, -0.15) is 0 Å². The van der Waals surface area contributed by atoms with Crippen LogP contribution in [0.2, 0.25) is 0 Å². The van der Waals surface area contributed by atoms with Gasteiger partial charge in [0.2, 0.25) is 5.96 Å². The summed E-state index contributed by atoms with van der Waals surface area (Å²) in [7, 11) is 0. The third-order valence-electron chi connectivity index (χ3n) is 5.31. The molecule has 2 saturated heterocycles. The molecule has 0 unspecified atom stereocenters. The second kappa shape index (κ2) is 10.9. The van der Waals surface area contributed by atoms with Gasteiger partial charge in [-0.05, 0) is 59.0 Å². The van der Waals surface area contributed by atoms with Crippen LogP contribution < -0.4 is 0 Å². The highest BCUT2D eigenvalue weighted by Crippen LogP contribution is 2.23. The second-order valence-electron chi connectivity index (χ2n) is 9.72. The van der Waals surface area contributed by atoms with Gasteiger partial charge in [0, 0.05) is 13.1 Å². The molecule has 0 aromatic heterocycles. The van der Waals surface area contributed by atoms with E-state index in [0.717, 1.165) is 19.6 Å². The first-order chi connectivity index (χ1) is 14.1. The number of likely N-dealkylation sites (tertiary alicyclic amines) is 1. The molecule has 2 heterocycles. The van der Waals surface area contributed by atoms with E-state index in [0.29, 0.717) is 25.5 Å². The summed E-state index contributed by atoms with van der Waals surface area (Å²) in [6, 6.07) is -0.547. The molecule has 2 rings (SSSR count). The summed E-state index contributed by atoms with van der Waals surface area (Å²) in [6.07, 6.45) is 5.51. The van der Waals surface area contributed by atoms with E-state index in [4.69, 9.17) is 4.74 Å². The van der Waals surface area contributed by atoms with E-state index in [1.54, 1.807) is 6.08 Å². The lowest BCUT2D eigenvalue weighted by molar-refractivity contribution is -0.126. The number of rotatable bonds is 7. The zero-order valence-electron chi connectivity index (χ0n) is 19.5. The largest absolute Gasteiger partial charge is 0.443 e. The lowest BCUT2D eigenvalue weighted by Gasteiger charge is -2.43. The Morgan fingerprint density at radius 3 is 2.47 bits per heavy atom. The minimum atomic E-state index is -0.651. The number of ether oxygens (including phenoxy) is 1. The standard InChI is InChI=1S/C23H40N4O3/c1-7-11-24-21-26(15-14-25-12-9-8-10-13-25)17-20(28)19(16-18(2)3)27(21)22(29)30-23(4,5)6/h7,18-19H,1,8-17H2,2-6H3/t19-/m0/s1. The predicted octanol–water partition coefficient (Wildman–Crippen LogP) is 3.55. The number of hydrogen-bond donors (Lipinski definition) is 0. The molecule has 0 N–H and O–H groups in total. The van der Waals surface area contributed by atoms with Crippen LogP contribution in [0.3, 0.4) is 0 Å². The van der Waals surface area contributed by atoms with Gasteiger partial charge in [-0.1, -0.05) is 26.3 Å². The van der Waals surface area contributed by atoms with Gasteiger partial charge in [-0.15, -0.1) is 6.58 Å². The molecule has 2 aliphatic heterocycles. The molecule has 0 saturated carbocycles. The first-order valence-corrected chi connectivity index (χ1v) is 11.3. The third-order valence-corrected chi connectivity index (χ3v) is 5.31. The zero-order valence-corrected chi connectivity index (χ0v) is 19.5. The first-order valence-electron chi connectivity index (χ1n) is 11.3. The summed E-state index contributed by atoms with van der Waals surface area (Å²) < 4.78 is 5.68. The SMILES string of the molecule is C=CCN=C1N(CCN2CCCCC2)CC(=O)[C@H](CC(C)C)N1C(=O)OC(C)(C)C. The normalized spacial score (nSPS) is 22.7. The number of piperidine rings is 1. The van der Waals surface area contributed by atoms with Crippen molar-refractivity contribution >= 4 is 17.8 Å². The number of hydrogen-bond acceptors (Lipinski definition) is 5. The lowest BCUT2D eigenvalue weighted by atomic mass is 9.97. The van der Waals surface area contributed by atoms with Crippen molar-refractivity contribution in [2.45, 2.75) is 71.9 Å². The summed E-state index contributed by atoms with van der Waals surface area (Å²) in [5, 5.41) is 0. The van der Waals surface area contributed by atoms with Crippen LogP contribution in [-0.4, -0.2) is 83.4 Å². The number of Topliss-reactive ketones (excluding diaryl/α,β-unsaturated/α-hetero) is 1. The molecule has 2 fully saturated rings. The lowest BCUT2D eigenvalue weighted by Crippen LogP contribution is -2.63. The molecule has 1 atom stereocenters. The number of guanidine groups is 1. The molecule has 7 nitrogen and oxygen atoms in total. The third kappa shape index (κ3) is 7.11. The molecule has 30 heavy (non-hydrogen) atoms. The van der Waals surface area contributed by atoms with Crippen LogP contribution in [0.1, 0.15) is 60.3 Å². The number of aliphatic imine (C=N–C) groups is 1. The molecule has 0 bridgehead atoms. The van der Waals surface area contributed by atoms with Crippen molar-refractivity contribution in [3.05, 3.63) is 12.7 Å². The summed E-state index contributed by atoms with van der Waals surface area (Å²) in [6.45, 7) is 17.8. The van der Waals surface area contributed by atoms with E-state index in [1.807, 2.05) is 25.7 Å². The van der Waals surface area contributed by atoms with E-state index in [-0.39, 0.29) is 18.2 Å². The Kier molecular flexibility index (Phi) is 8.89. The highest BCUT2D eigenvalue weighted by Gasteiger charge is 2.43. The fraction of sp³-hybridized carbons (Fsp3) is 0.783. The fourth-order valence-corrected chi connectivity index (χ4v) is 3.95. The Morgan fingerprint density at radius 1 is 1.23 bits per heavy atom. The molecule has 7 heteroatoms. The van der Waals surface area contributed by atoms with Crippen LogP contribution in [0.15, 0.2) is 17.6 Å². The Balaban J connectivity index is 2.30. The Labute approximate surface area is 182 Å². The first kappa shape index (κ1) is 24.4. The number of ketones is 1. The predicted molar refractivity (Wildman–Crippen MR) is 121 cm³/mol. The number of nitrogens with zero attached hydrogens (tertiary/aromatic N) is 4.